The Morgan fingerprint density at radius 1 is 1.41 bits per heavy atom. The quantitative estimate of drug-likeness (QED) is 0.826. The second-order valence-electron chi connectivity index (χ2n) is 4.82. The van der Waals surface area contributed by atoms with Gasteiger partial charge in [0.1, 0.15) is 5.82 Å². The minimum absolute atomic E-state index is 0.293. The smallest absolute Gasteiger partial charge is 0.146 e. The molecule has 3 nitrogen and oxygen atoms in total. The summed E-state index contributed by atoms with van der Waals surface area (Å²) >= 11 is 0. The molecule has 4 heteroatoms. The maximum atomic E-state index is 13.9. The predicted molar refractivity (Wildman–Crippen MR) is 68.5 cm³/mol. The zero-order valence-electron chi connectivity index (χ0n) is 10.7. The van der Waals surface area contributed by atoms with E-state index >= 15 is 0 Å². The van der Waals surface area contributed by atoms with Gasteiger partial charge in [-0.15, -0.1) is 0 Å². The number of nitrogens with zero attached hydrogens (tertiary/aromatic N) is 1. The van der Waals surface area contributed by atoms with Crippen LogP contribution in [0.15, 0.2) is 18.2 Å². The molecule has 0 atom stereocenters. The summed E-state index contributed by atoms with van der Waals surface area (Å²) in [4.78, 5) is 1.82. The summed E-state index contributed by atoms with van der Waals surface area (Å²) in [5.41, 5.74) is 5.88. The maximum Gasteiger partial charge on any atom is 0.146 e. The minimum Gasteiger partial charge on any atom is -0.389 e. The molecular formula is C13H21FN2O. The van der Waals surface area contributed by atoms with Crippen LogP contribution in [0.2, 0.25) is 0 Å². The molecule has 0 aromatic heterocycles. The number of aliphatic hydroxyl groups is 1. The number of nitrogens with two attached hydrogens (primary N) is 1. The van der Waals surface area contributed by atoms with Crippen molar-refractivity contribution in [2.45, 2.75) is 32.9 Å². The van der Waals surface area contributed by atoms with Crippen molar-refractivity contribution in [3.8, 4) is 0 Å². The molecule has 3 N–H and O–H groups in total. The van der Waals surface area contributed by atoms with E-state index in [2.05, 4.69) is 0 Å². The lowest BCUT2D eigenvalue weighted by atomic mass is 10.1. The lowest BCUT2D eigenvalue weighted by Crippen LogP contribution is -2.39. The molecule has 96 valence electrons. The molecule has 0 aliphatic rings. The molecule has 0 fully saturated rings. The molecule has 17 heavy (non-hydrogen) atoms. The summed E-state index contributed by atoms with van der Waals surface area (Å²) in [6, 6.07) is 4.97. The number of hydrogen-bond donors (Lipinski definition) is 2. The third-order valence-corrected chi connectivity index (χ3v) is 2.55. The number of benzene rings is 1. The first-order valence-electron chi connectivity index (χ1n) is 5.83. The molecule has 0 radical (unpaired) electrons. The molecule has 0 amide bonds. The molecule has 0 unspecified atom stereocenters. The summed E-state index contributed by atoms with van der Waals surface area (Å²) in [6.07, 6.45) is 0. The average Bonchev–Trinajstić information content (AvgIpc) is 2.24. The van der Waals surface area contributed by atoms with Gasteiger partial charge in [-0.05, 0) is 38.5 Å². The Kier molecular flexibility index (Phi) is 4.48. The van der Waals surface area contributed by atoms with E-state index in [0.717, 1.165) is 5.56 Å². The third kappa shape index (κ3) is 3.98. The molecule has 0 aliphatic heterocycles. The predicted octanol–water partition coefficient (Wildman–Crippen LogP) is 1.88. The van der Waals surface area contributed by atoms with Crippen LogP contribution in [0.3, 0.4) is 0 Å². The fraction of sp³-hybridized carbons (Fsp3) is 0.538. The standard InChI is InChI=1S/C13H21FN2O/c1-4-16(9-13(2,3)17)12-6-5-10(8-15)7-11(12)14/h5-7,17H,4,8-9,15H2,1-3H3. The number of likely N-dealkylation sites (N-methyl/N-ethyl adjacent to an activating group) is 1. The van der Waals surface area contributed by atoms with Crippen molar-refractivity contribution in [2.75, 3.05) is 18.0 Å². The minimum atomic E-state index is -0.852. The zero-order chi connectivity index (χ0) is 13.1. The van der Waals surface area contributed by atoms with Crippen LogP contribution in [-0.2, 0) is 6.54 Å². The number of halogens is 1. The second kappa shape index (κ2) is 5.47. The molecule has 0 aliphatic carbocycles. The molecule has 0 saturated heterocycles. The highest BCUT2D eigenvalue weighted by Crippen LogP contribution is 2.22. The van der Waals surface area contributed by atoms with Crippen LogP contribution in [-0.4, -0.2) is 23.8 Å². The van der Waals surface area contributed by atoms with Crippen LogP contribution in [0.4, 0.5) is 10.1 Å². The van der Waals surface area contributed by atoms with E-state index < -0.39 is 5.60 Å². The largest absolute Gasteiger partial charge is 0.389 e. The van der Waals surface area contributed by atoms with E-state index in [9.17, 15) is 9.50 Å². The van der Waals surface area contributed by atoms with Crippen molar-refractivity contribution in [1.29, 1.82) is 0 Å². The van der Waals surface area contributed by atoms with Gasteiger partial charge in [-0.2, -0.15) is 0 Å². The molecule has 1 aromatic carbocycles. The summed E-state index contributed by atoms with van der Waals surface area (Å²) in [7, 11) is 0. The van der Waals surface area contributed by atoms with Crippen LogP contribution in [0, 0.1) is 5.82 Å². The lowest BCUT2D eigenvalue weighted by molar-refractivity contribution is 0.0874. The Balaban J connectivity index is 2.96. The molecule has 1 aromatic rings. The highest BCUT2D eigenvalue weighted by molar-refractivity contribution is 5.49. The summed E-state index contributed by atoms with van der Waals surface area (Å²) in [5, 5.41) is 9.79. The Bertz CT molecular complexity index is 374. The highest BCUT2D eigenvalue weighted by atomic mass is 19.1. The van der Waals surface area contributed by atoms with Crippen LogP contribution < -0.4 is 10.6 Å². The van der Waals surface area contributed by atoms with E-state index in [1.807, 2.05) is 17.9 Å². The second-order valence-corrected chi connectivity index (χ2v) is 4.82. The third-order valence-electron chi connectivity index (χ3n) is 2.55. The first kappa shape index (κ1) is 13.9. The van der Waals surface area contributed by atoms with Gasteiger partial charge in [-0.25, -0.2) is 4.39 Å². The summed E-state index contributed by atoms with van der Waals surface area (Å²) < 4.78 is 13.9. The molecule has 0 saturated carbocycles. The van der Waals surface area contributed by atoms with Gasteiger partial charge in [0.05, 0.1) is 11.3 Å². The van der Waals surface area contributed by atoms with Crippen molar-refractivity contribution in [1.82, 2.24) is 0 Å². The van der Waals surface area contributed by atoms with E-state index in [1.165, 1.54) is 6.07 Å². The van der Waals surface area contributed by atoms with Gasteiger partial charge in [0.25, 0.3) is 0 Å². The van der Waals surface area contributed by atoms with Crippen LogP contribution in [0.5, 0.6) is 0 Å². The molecule has 1 rings (SSSR count). The SMILES string of the molecule is CCN(CC(C)(C)O)c1ccc(CN)cc1F. The highest BCUT2D eigenvalue weighted by Gasteiger charge is 2.19. The van der Waals surface area contributed by atoms with E-state index in [4.69, 9.17) is 5.73 Å². The Morgan fingerprint density at radius 2 is 2.06 bits per heavy atom. The Hall–Kier alpha value is -1.13. The summed E-state index contributed by atoms with van der Waals surface area (Å²) in [6.45, 7) is 6.71. The average molecular weight is 240 g/mol. The van der Waals surface area contributed by atoms with Gasteiger partial charge in [0, 0.05) is 19.6 Å². The van der Waals surface area contributed by atoms with E-state index in [1.54, 1.807) is 19.9 Å². The number of rotatable bonds is 5. The van der Waals surface area contributed by atoms with E-state index in [0.29, 0.717) is 25.3 Å². The topological polar surface area (TPSA) is 49.5 Å². The van der Waals surface area contributed by atoms with Crippen molar-refractivity contribution >= 4 is 5.69 Å². The molecule has 0 bridgehead atoms. The zero-order valence-corrected chi connectivity index (χ0v) is 10.7. The van der Waals surface area contributed by atoms with Crippen LogP contribution in [0.1, 0.15) is 26.3 Å². The number of hydrogen-bond acceptors (Lipinski definition) is 3. The van der Waals surface area contributed by atoms with Gasteiger partial charge < -0.3 is 15.7 Å². The van der Waals surface area contributed by atoms with Gasteiger partial charge in [0.15, 0.2) is 0 Å². The molecular weight excluding hydrogens is 219 g/mol. The van der Waals surface area contributed by atoms with Crippen molar-refractivity contribution in [2.24, 2.45) is 5.73 Å². The van der Waals surface area contributed by atoms with Crippen LogP contribution in [0.25, 0.3) is 0 Å². The maximum absolute atomic E-state index is 13.9. The van der Waals surface area contributed by atoms with Crippen molar-refractivity contribution < 1.29 is 9.50 Å². The van der Waals surface area contributed by atoms with Gasteiger partial charge in [-0.3, -0.25) is 0 Å². The lowest BCUT2D eigenvalue weighted by Gasteiger charge is -2.30. The normalized spacial score (nSPS) is 11.6. The van der Waals surface area contributed by atoms with Gasteiger partial charge in [-0.1, -0.05) is 6.07 Å². The molecule has 0 heterocycles. The fourth-order valence-corrected chi connectivity index (χ4v) is 1.77. The number of anilines is 1. The van der Waals surface area contributed by atoms with E-state index in [-0.39, 0.29) is 5.82 Å². The van der Waals surface area contributed by atoms with Crippen molar-refractivity contribution in [3.05, 3.63) is 29.6 Å². The monoisotopic (exact) mass is 240 g/mol. The van der Waals surface area contributed by atoms with Gasteiger partial charge >= 0.3 is 0 Å². The summed E-state index contributed by atoms with van der Waals surface area (Å²) in [5.74, 6) is -0.293. The van der Waals surface area contributed by atoms with Crippen LogP contribution >= 0.6 is 0 Å². The molecule has 0 spiro atoms. The van der Waals surface area contributed by atoms with Gasteiger partial charge in [0.2, 0.25) is 0 Å². The van der Waals surface area contributed by atoms with Crippen molar-refractivity contribution in [3.63, 3.8) is 0 Å². The Labute approximate surface area is 102 Å². The first-order valence-corrected chi connectivity index (χ1v) is 5.83. The fourth-order valence-electron chi connectivity index (χ4n) is 1.77. The Morgan fingerprint density at radius 3 is 2.47 bits per heavy atom. The first-order chi connectivity index (χ1) is 7.87.